The van der Waals surface area contributed by atoms with Gasteiger partial charge in [0.2, 0.25) is 5.91 Å². The van der Waals surface area contributed by atoms with Gasteiger partial charge in [-0.1, -0.05) is 12.1 Å². The Kier molecular flexibility index (Phi) is 4.36. The number of carbonyl (C=O) groups is 1. The third-order valence-electron chi connectivity index (χ3n) is 3.76. The molecule has 0 bridgehead atoms. The first kappa shape index (κ1) is 15.2. The molecule has 0 fully saturated rings. The molecule has 112 valence electrons. The summed E-state index contributed by atoms with van der Waals surface area (Å²) in [6, 6.07) is 11.2. The monoisotopic (exact) mass is 286 g/mol. The number of rotatable bonds is 5. The third-order valence-corrected chi connectivity index (χ3v) is 3.76. The zero-order valence-corrected chi connectivity index (χ0v) is 12.8. The van der Waals surface area contributed by atoms with E-state index in [9.17, 15) is 4.79 Å². The number of benzene rings is 1. The topological polar surface area (TPSA) is 59.5 Å². The fraction of sp³-hybridized carbons (Fsp3) is 0.353. The van der Waals surface area contributed by atoms with Crippen LogP contribution in [-0.4, -0.2) is 17.4 Å². The van der Waals surface area contributed by atoms with Crippen LogP contribution in [0.4, 0.5) is 5.69 Å². The Labute approximate surface area is 125 Å². The van der Waals surface area contributed by atoms with Crippen LogP contribution in [0.2, 0.25) is 0 Å². The number of hydrogen-bond donors (Lipinski definition) is 1. The quantitative estimate of drug-likeness (QED) is 0.859. The maximum absolute atomic E-state index is 12.9. The summed E-state index contributed by atoms with van der Waals surface area (Å²) in [6.07, 6.45) is 1.62. The summed E-state index contributed by atoms with van der Waals surface area (Å²) in [5, 5.41) is 0. The van der Waals surface area contributed by atoms with Crippen LogP contribution in [0.15, 0.2) is 47.1 Å². The molecule has 4 heteroatoms. The number of carbonyl (C=O) groups excluding carboxylic acids is 1. The Morgan fingerprint density at radius 2 is 1.90 bits per heavy atom. The smallest absolute Gasteiger partial charge is 0.233 e. The van der Waals surface area contributed by atoms with Crippen molar-refractivity contribution in [1.29, 1.82) is 0 Å². The van der Waals surface area contributed by atoms with E-state index in [-0.39, 0.29) is 5.91 Å². The van der Waals surface area contributed by atoms with E-state index < -0.39 is 5.41 Å². The second-order valence-corrected chi connectivity index (χ2v) is 5.65. The van der Waals surface area contributed by atoms with E-state index in [1.165, 1.54) is 0 Å². The van der Waals surface area contributed by atoms with E-state index in [2.05, 4.69) is 0 Å². The predicted octanol–water partition coefficient (Wildman–Crippen LogP) is 3.19. The van der Waals surface area contributed by atoms with Crippen LogP contribution in [0.3, 0.4) is 0 Å². The number of amides is 1. The van der Waals surface area contributed by atoms with Gasteiger partial charge in [0.25, 0.3) is 0 Å². The lowest BCUT2D eigenvalue weighted by Crippen LogP contribution is -2.43. The van der Waals surface area contributed by atoms with Crippen molar-refractivity contribution in [1.82, 2.24) is 4.90 Å². The van der Waals surface area contributed by atoms with Crippen LogP contribution in [0.1, 0.15) is 32.1 Å². The number of hydrogen-bond acceptors (Lipinski definition) is 3. The van der Waals surface area contributed by atoms with Crippen LogP contribution < -0.4 is 5.73 Å². The first-order chi connectivity index (χ1) is 9.95. The van der Waals surface area contributed by atoms with Gasteiger partial charge in [0, 0.05) is 12.2 Å². The van der Waals surface area contributed by atoms with E-state index in [4.69, 9.17) is 10.2 Å². The predicted molar refractivity (Wildman–Crippen MR) is 83.7 cm³/mol. The van der Waals surface area contributed by atoms with Crippen LogP contribution in [-0.2, 0) is 16.8 Å². The summed E-state index contributed by atoms with van der Waals surface area (Å²) < 4.78 is 5.34. The molecular formula is C17H22N2O2. The number of furan rings is 1. The van der Waals surface area contributed by atoms with Crippen LogP contribution in [0.25, 0.3) is 0 Å². The molecule has 0 aliphatic heterocycles. The minimum atomic E-state index is -0.601. The van der Waals surface area contributed by atoms with Gasteiger partial charge >= 0.3 is 0 Å². The summed E-state index contributed by atoms with van der Waals surface area (Å²) in [5.74, 6) is 0.865. The summed E-state index contributed by atoms with van der Waals surface area (Å²) in [4.78, 5) is 14.7. The first-order valence-electron chi connectivity index (χ1n) is 7.13. The van der Waals surface area contributed by atoms with E-state index in [1.807, 2.05) is 57.2 Å². The van der Waals surface area contributed by atoms with Crippen molar-refractivity contribution in [2.24, 2.45) is 0 Å². The molecule has 21 heavy (non-hydrogen) atoms. The fourth-order valence-corrected chi connectivity index (χ4v) is 2.34. The highest BCUT2D eigenvalue weighted by molar-refractivity contribution is 5.87. The standard InChI is InChI=1S/C17H22N2O2/c1-4-19(12-15-6-5-11-21-15)16(20)17(2,3)13-7-9-14(18)10-8-13/h5-11H,4,12,18H2,1-3H3. The number of likely N-dealkylation sites (N-methyl/N-ethyl adjacent to an activating group) is 1. The molecule has 0 aliphatic rings. The Morgan fingerprint density at radius 3 is 2.43 bits per heavy atom. The molecule has 2 aromatic rings. The van der Waals surface area contributed by atoms with Crippen molar-refractivity contribution >= 4 is 11.6 Å². The van der Waals surface area contributed by atoms with Gasteiger partial charge in [-0.15, -0.1) is 0 Å². The van der Waals surface area contributed by atoms with E-state index in [0.29, 0.717) is 18.8 Å². The lowest BCUT2D eigenvalue weighted by molar-refractivity contribution is -0.137. The molecule has 0 saturated heterocycles. The van der Waals surface area contributed by atoms with E-state index in [0.717, 1.165) is 11.3 Å². The molecule has 1 heterocycles. The Morgan fingerprint density at radius 1 is 1.24 bits per heavy atom. The van der Waals surface area contributed by atoms with Gasteiger partial charge in [-0.25, -0.2) is 0 Å². The minimum Gasteiger partial charge on any atom is -0.467 e. The Bertz CT molecular complexity index is 586. The zero-order chi connectivity index (χ0) is 15.5. The number of anilines is 1. The van der Waals surface area contributed by atoms with Crippen LogP contribution in [0.5, 0.6) is 0 Å². The van der Waals surface area contributed by atoms with Gasteiger partial charge < -0.3 is 15.1 Å². The number of nitrogens with two attached hydrogens (primary N) is 1. The summed E-state index contributed by atoms with van der Waals surface area (Å²) in [7, 11) is 0. The van der Waals surface area contributed by atoms with Crippen LogP contribution >= 0.6 is 0 Å². The van der Waals surface area contributed by atoms with E-state index in [1.54, 1.807) is 11.2 Å². The molecule has 1 aromatic carbocycles. The van der Waals surface area contributed by atoms with Crippen molar-refractivity contribution in [2.75, 3.05) is 12.3 Å². The van der Waals surface area contributed by atoms with Crippen molar-refractivity contribution < 1.29 is 9.21 Å². The molecule has 0 unspecified atom stereocenters. The second-order valence-electron chi connectivity index (χ2n) is 5.65. The lowest BCUT2D eigenvalue weighted by atomic mass is 9.83. The highest BCUT2D eigenvalue weighted by atomic mass is 16.3. The summed E-state index contributed by atoms with van der Waals surface area (Å²) >= 11 is 0. The van der Waals surface area contributed by atoms with Crippen molar-refractivity contribution in [3.8, 4) is 0 Å². The van der Waals surface area contributed by atoms with Gasteiger partial charge in [-0.3, -0.25) is 4.79 Å². The number of nitrogens with zero attached hydrogens (tertiary/aromatic N) is 1. The zero-order valence-electron chi connectivity index (χ0n) is 12.8. The summed E-state index contributed by atoms with van der Waals surface area (Å²) in [5.41, 5.74) is 6.77. The van der Waals surface area contributed by atoms with Crippen molar-refractivity contribution in [2.45, 2.75) is 32.7 Å². The van der Waals surface area contributed by atoms with Crippen LogP contribution in [0, 0.1) is 0 Å². The molecule has 0 spiro atoms. The highest BCUT2D eigenvalue weighted by Gasteiger charge is 2.33. The molecule has 2 rings (SSSR count). The Hall–Kier alpha value is -2.23. The molecular weight excluding hydrogens is 264 g/mol. The average molecular weight is 286 g/mol. The molecule has 1 amide bonds. The van der Waals surface area contributed by atoms with Gasteiger partial charge in [0.15, 0.2) is 0 Å². The third kappa shape index (κ3) is 3.27. The SMILES string of the molecule is CCN(Cc1ccco1)C(=O)C(C)(C)c1ccc(N)cc1. The number of nitrogen functional groups attached to an aromatic ring is 1. The fourth-order valence-electron chi connectivity index (χ4n) is 2.34. The molecule has 1 aromatic heterocycles. The molecule has 0 atom stereocenters. The lowest BCUT2D eigenvalue weighted by Gasteiger charge is -2.31. The molecule has 0 radical (unpaired) electrons. The molecule has 0 saturated carbocycles. The molecule has 0 aliphatic carbocycles. The maximum atomic E-state index is 12.9. The largest absolute Gasteiger partial charge is 0.467 e. The normalized spacial score (nSPS) is 11.4. The average Bonchev–Trinajstić information content (AvgIpc) is 2.97. The first-order valence-corrected chi connectivity index (χ1v) is 7.13. The molecule has 4 nitrogen and oxygen atoms in total. The van der Waals surface area contributed by atoms with Gasteiger partial charge in [-0.05, 0) is 50.6 Å². The van der Waals surface area contributed by atoms with Crippen molar-refractivity contribution in [3.05, 3.63) is 54.0 Å². The minimum absolute atomic E-state index is 0.0752. The van der Waals surface area contributed by atoms with Gasteiger partial charge in [-0.2, -0.15) is 0 Å². The Balaban J connectivity index is 2.20. The highest BCUT2D eigenvalue weighted by Crippen LogP contribution is 2.27. The van der Waals surface area contributed by atoms with Gasteiger partial charge in [0.1, 0.15) is 5.76 Å². The van der Waals surface area contributed by atoms with E-state index >= 15 is 0 Å². The second kappa shape index (κ2) is 6.04. The van der Waals surface area contributed by atoms with Gasteiger partial charge in [0.05, 0.1) is 18.2 Å². The van der Waals surface area contributed by atoms with Crippen molar-refractivity contribution in [3.63, 3.8) is 0 Å². The maximum Gasteiger partial charge on any atom is 0.233 e. The summed E-state index contributed by atoms with van der Waals surface area (Å²) in [6.45, 7) is 6.97. The molecule has 2 N–H and O–H groups in total.